The maximum Gasteiger partial charge on any atom is 0.278 e. The number of hydrogen-bond donors (Lipinski definition) is 1. The molecule has 0 radical (unpaired) electrons. The number of hydrogen-bond acceptors (Lipinski definition) is 5. The zero-order valence-electron chi connectivity index (χ0n) is 16.9. The minimum Gasteiger partial charge on any atom is -0.496 e. The second-order valence-corrected chi connectivity index (χ2v) is 8.89. The van der Waals surface area contributed by atoms with Crippen molar-refractivity contribution < 1.29 is 22.8 Å². The number of nitrogens with one attached hydrogen (secondary N) is 1. The van der Waals surface area contributed by atoms with Gasteiger partial charge in [-0.05, 0) is 41.8 Å². The van der Waals surface area contributed by atoms with E-state index in [0.29, 0.717) is 18.7 Å². The van der Waals surface area contributed by atoms with E-state index in [9.17, 15) is 13.2 Å². The van der Waals surface area contributed by atoms with Crippen LogP contribution in [0.1, 0.15) is 21.5 Å². The first-order valence-electron chi connectivity index (χ1n) is 9.75. The standard InChI is InChI=1S/C23H22N2O5S/c1-29-22-12-11-19(31(27,28)25-14-13-18-9-5-6-10-21(18)25)15-20(22)23(26)24-30-16-17-7-3-2-4-8-17/h2-12,15H,13-14,16H2,1H3,(H,24,26). The molecule has 0 saturated heterocycles. The Labute approximate surface area is 181 Å². The molecule has 1 amide bonds. The van der Waals surface area contributed by atoms with Crippen molar-refractivity contribution in [2.45, 2.75) is 17.9 Å². The summed E-state index contributed by atoms with van der Waals surface area (Å²) < 4.78 is 33.2. The average Bonchev–Trinajstić information content (AvgIpc) is 3.24. The highest BCUT2D eigenvalue weighted by Crippen LogP contribution is 2.33. The average molecular weight is 439 g/mol. The van der Waals surface area contributed by atoms with Crippen molar-refractivity contribution in [2.75, 3.05) is 18.0 Å². The van der Waals surface area contributed by atoms with Gasteiger partial charge in [-0.3, -0.25) is 13.9 Å². The Morgan fingerprint density at radius 1 is 1.03 bits per heavy atom. The second kappa shape index (κ2) is 8.79. The molecule has 8 heteroatoms. The summed E-state index contributed by atoms with van der Waals surface area (Å²) in [6.45, 7) is 0.535. The van der Waals surface area contributed by atoms with Crippen LogP contribution in [0.25, 0.3) is 0 Å². The van der Waals surface area contributed by atoms with E-state index in [2.05, 4.69) is 5.48 Å². The third-order valence-corrected chi connectivity index (χ3v) is 6.90. The van der Waals surface area contributed by atoms with Crippen molar-refractivity contribution in [1.29, 1.82) is 0 Å². The first-order valence-corrected chi connectivity index (χ1v) is 11.2. The molecular formula is C23H22N2O5S. The van der Waals surface area contributed by atoms with Crippen LogP contribution < -0.4 is 14.5 Å². The molecule has 0 spiro atoms. The van der Waals surface area contributed by atoms with Gasteiger partial charge < -0.3 is 4.74 Å². The van der Waals surface area contributed by atoms with E-state index in [-0.39, 0.29) is 22.8 Å². The summed E-state index contributed by atoms with van der Waals surface area (Å²) in [5.41, 5.74) is 4.96. The van der Waals surface area contributed by atoms with E-state index in [0.717, 1.165) is 11.1 Å². The summed E-state index contributed by atoms with van der Waals surface area (Å²) in [5, 5.41) is 0. The van der Waals surface area contributed by atoms with Crippen molar-refractivity contribution in [3.05, 3.63) is 89.5 Å². The Morgan fingerprint density at radius 3 is 2.55 bits per heavy atom. The van der Waals surface area contributed by atoms with Crippen LogP contribution in [0.3, 0.4) is 0 Å². The largest absolute Gasteiger partial charge is 0.496 e. The number of carbonyl (C=O) groups is 1. The van der Waals surface area contributed by atoms with Crippen LogP contribution in [0.2, 0.25) is 0 Å². The number of anilines is 1. The van der Waals surface area contributed by atoms with Gasteiger partial charge in [-0.15, -0.1) is 0 Å². The number of amides is 1. The summed E-state index contributed by atoms with van der Waals surface area (Å²) in [6, 6.07) is 21.0. The van der Waals surface area contributed by atoms with Gasteiger partial charge in [-0.1, -0.05) is 48.5 Å². The Kier molecular flexibility index (Phi) is 5.92. The fourth-order valence-corrected chi connectivity index (χ4v) is 5.05. The Bertz CT molecular complexity index is 1200. The van der Waals surface area contributed by atoms with Gasteiger partial charge >= 0.3 is 0 Å². The van der Waals surface area contributed by atoms with Crippen molar-refractivity contribution in [3.63, 3.8) is 0 Å². The zero-order chi connectivity index (χ0) is 21.8. The van der Waals surface area contributed by atoms with E-state index in [1.54, 1.807) is 6.07 Å². The molecule has 1 N–H and O–H groups in total. The third kappa shape index (κ3) is 4.26. The summed E-state index contributed by atoms with van der Waals surface area (Å²) in [6.07, 6.45) is 0.645. The zero-order valence-corrected chi connectivity index (χ0v) is 17.8. The van der Waals surface area contributed by atoms with E-state index in [1.807, 2.05) is 48.5 Å². The number of benzene rings is 3. The van der Waals surface area contributed by atoms with E-state index in [4.69, 9.17) is 9.57 Å². The first-order chi connectivity index (χ1) is 15.0. The maximum atomic E-state index is 13.3. The molecule has 0 atom stereocenters. The number of carbonyl (C=O) groups excluding carboxylic acids is 1. The van der Waals surface area contributed by atoms with Gasteiger partial charge in [-0.2, -0.15) is 0 Å². The van der Waals surface area contributed by atoms with E-state index >= 15 is 0 Å². The molecule has 0 unspecified atom stereocenters. The highest BCUT2D eigenvalue weighted by atomic mass is 32.2. The van der Waals surface area contributed by atoms with Crippen LogP contribution in [-0.2, 0) is 27.9 Å². The number of ether oxygens (including phenoxy) is 1. The minimum atomic E-state index is -3.84. The van der Waals surface area contributed by atoms with Crippen molar-refractivity contribution in [1.82, 2.24) is 5.48 Å². The van der Waals surface area contributed by atoms with Crippen LogP contribution in [0.5, 0.6) is 5.75 Å². The summed E-state index contributed by atoms with van der Waals surface area (Å²) >= 11 is 0. The maximum absolute atomic E-state index is 13.3. The predicted molar refractivity (Wildman–Crippen MR) is 116 cm³/mol. The molecule has 0 fully saturated rings. The topological polar surface area (TPSA) is 84.9 Å². The molecule has 0 bridgehead atoms. The van der Waals surface area contributed by atoms with Crippen LogP contribution in [0, 0.1) is 0 Å². The molecule has 4 rings (SSSR count). The fraction of sp³-hybridized carbons (Fsp3) is 0.174. The molecular weight excluding hydrogens is 416 g/mol. The minimum absolute atomic E-state index is 0.0122. The first kappa shape index (κ1) is 20.9. The Hall–Kier alpha value is -3.36. The molecule has 31 heavy (non-hydrogen) atoms. The predicted octanol–water partition coefficient (Wildman–Crippen LogP) is 3.31. The molecule has 7 nitrogen and oxygen atoms in total. The third-order valence-electron chi connectivity index (χ3n) is 5.09. The molecule has 0 aliphatic carbocycles. The smallest absolute Gasteiger partial charge is 0.278 e. The molecule has 0 aromatic heterocycles. The second-order valence-electron chi connectivity index (χ2n) is 7.02. The van der Waals surface area contributed by atoms with Gasteiger partial charge in [0.15, 0.2) is 0 Å². The Balaban J connectivity index is 1.56. The lowest BCUT2D eigenvalue weighted by Crippen LogP contribution is -2.30. The van der Waals surface area contributed by atoms with Gasteiger partial charge in [0, 0.05) is 6.54 Å². The van der Waals surface area contributed by atoms with Crippen LogP contribution in [0.15, 0.2) is 77.7 Å². The number of fused-ring (bicyclic) bond motifs is 1. The molecule has 3 aromatic carbocycles. The fourth-order valence-electron chi connectivity index (χ4n) is 3.52. The van der Waals surface area contributed by atoms with Crippen molar-refractivity contribution in [3.8, 4) is 5.75 Å². The summed E-state index contributed by atoms with van der Waals surface area (Å²) in [7, 11) is -2.42. The lowest BCUT2D eigenvalue weighted by Gasteiger charge is -2.20. The monoisotopic (exact) mass is 438 g/mol. The number of sulfonamides is 1. The van der Waals surface area contributed by atoms with Gasteiger partial charge in [-0.25, -0.2) is 13.9 Å². The summed E-state index contributed by atoms with van der Waals surface area (Å²) in [5.74, 6) is -0.340. The van der Waals surface area contributed by atoms with Gasteiger partial charge in [0.2, 0.25) is 0 Å². The number of methoxy groups -OCH3 is 1. The van der Waals surface area contributed by atoms with Crippen molar-refractivity contribution in [2.24, 2.45) is 0 Å². The lowest BCUT2D eigenvalue weighted by atomic mass is 10.2. The lowest BCUT2D eigenvalue weighted by molar-refractivity contribution is 0.0231. The molecule has 160 valence electrons. The quantitative estimate of drug-likeness (QED) is 0.572. The van der Waals surface area contributed by atoms with Crippen molar-refractivity contribution >= 4 is 21.6 Å². The van der Waals surface area contributed by atoms with E-state index < -0.39 is 15.9 Å². The van der Waals surface area contributed by atoms with Gasteiger partial charge in [0.05, 0.1) is 29.9 Å². The molecule has 1 aliphatic heterocycles. The highest BCUT2D eigenvalue weighted by molar-refractivity contribution is 7.92. The molecule has 3 aromatic rings. The van der Waals surface area contributed by atoms with E-state index in [1.165, 1.54) is 29.6 Å². The number of rotatable bonds is 7. The summed E-state index contributed by atoms with van der Waals surface area (Å²) in [4.78, 5) is 18.0. The molecule has 1 heterocycles. The van der Waals surface area contributed by atoms with Crippen LogP contribution in [-0.4, -0.2) is 28.0 Å². The normalized spacial score (nSPS) is 13.0. The number of para-hydroxylation sites is 1. The molecule has 1 aliphatic rings. The Morgan fingerprint density at radius 2 is 1.77 bits per heavy atom. The van der Waals surface area contributed by atoms with Gasteiger partial charge in [0.25, 0.3) is 15.9 Å². The van der Waals surface area contributed by atoms with Crippen LogP contribution in [0.4, 0.5) is 5.69 Å². The molecule has 0 saturated carbocycles. The van der Waals surface area contributed by atoms with Crippen LogP contribution >= 0.6 is 0 Å². The SMILES string of the molecule is COc1ccc(S(=O)(=O)N2CCc3ccccc32)cc1C(=O)NOCc1ccccc1. The van der Waals surface area contributed by atoms with Gasteiger partial charge in [0.1, 0.15) is 5.75 Å². The number of nitrogens with zero attached hydrogens (tertiary/aromatic N) is 1. The highest BCUT2D eigenvalue weighted by Gasteiger charge is 2.31. The number of hydroxylamine groups is 1.